The van der Waals surface area contributed by atoms with Crippen LogP contribution in [0.2, 0.25) is 0 Å². The quantitative estimate of drug-likeness (QED) is 0.669. The van der Waals surface area contributed by atoms with Gasteiger partial charge in [-0.3, -0.25) is 0 Å². The van der Waals surface area contributed by atoms with Gasteiger partial charge in [0.2, 0.25) is 0 Å². The first-order valence-electron chi connectivity index (χ1n) is 5.31. The second-order valence-corrected chi connectivity index (χ2v) is 5.26. The first-order chi connectivity index (χ1) is 7.67. The minimum Gasteiger partial charge on any atom is -0.490 e. The molecule has 1 unspecified atom stereocenters. The Morgan fingerprint density at radius 2 is 2.19 bits per heavy atom. The molecule has 0 saturated carbocycles. The molecule has 1 atom stereocenters. The second kappa shape index (κ2) is 7.28. The summed E-state index contributed by atoms with van der Waals surface area (Å²) in [7, 11) is 0. The molecule has 0 saturated heterocycles. The van der Waals surface area contributed by atoms with Crippen molar-refractivity contribution in [3.8, 4) is 5.75 Å². The summed E-state index contributed by atoms with van der Waals surface area (Å²) in [5.41, 5.74) is 0. The number of alkyl halides is 1. The molecule has 90 valence electrons. The summed E-state index contributed by atoms with van der Waals surface area (Å²) in [6.07, 6.45) is 2.20. The number of ether oxygens (including phenoxy) is 1. The smallest absolute Gasteiger partial charge is 0.166 e. The van der Waals surface area contributed by atoms with Gasteiger partial charge in [-0.15, -0.1) is 0 Å². The van der Waals surface area contributed by atoms with E-state index >= 15 is 0 Å². The van der Waals surface area contributed by atoms with Crippen molar-refractivity contribution < 1.29 is 9.13 Å². The molecule has 0 radical (unpaired) electrons. The average Bonchev–Trinajstić information content (AvgIpc) is 2.26. The number of rotatable bonds is 6. The van der Waals surface area contributed by atoms with Gasteiger partial charge in [-0.1, -0.05) is 45.2 Å². The molecule has 1 aromatic carbocycles. The molecule has 1 aromatic rings. The van der Waals surface area contributed by atoms with Crippen LogP contribution in [-0.2, 0) is 0 Å². The maximum Gasteiger partial charge on any atom is 0.166 e. The van der Waals surface area contributed by atoms with Gasteiger partial charge in [-0.05, 0) is 24.6 Å². The molecule has 0 aliphatic rings. The van der Waals surface area contributed by atoms with Crippen LogP contribution in [0.25, 0.3) is 0 Å². The monoisotopic (exact) mass is 352 g/mol. The molecule has 4 heteroatoms. The number of benzene rings is 1. The highest BCUT2D eigenvalue weighted by Gasteiger charge is 2.09. The van der Waals surface area contributed by atoms with E-state index in [0.29, 0.717) is 18.3 Å². The van der Waals surface area contributed by atoms with Gasteiger partial charge < -0.3 is 4.74 Å². The van der Waals surface area contributed by atoms with Gasteiger partial charge in [0.15, 0.2) is 11.6 Å². The van der Waals surface area contributed by atoms with Crippen molar-refractivity contribution in [3.63, 3.8) is 0 Å². The van der Waals surface area contributed by atoms with Crippen molar-refractivity contribution in [1.29, 1.82) is 0 Å². The Morgan fingerprint density at radius 3 is 2.75 bits per heavy atom. The van der Waals surface area contributed by atoms with Crippen LogP contribution in [0.15, 0.2) is 22.7 Å². The fourth-order valence-corrected chi connectivity index (χ4v) is 2.26. The highest BCUT2D eigenvalue weighted by Crippen LogP contribution is 2.22. The van der Waals surface area contributed by atoms with E-state index in [1.807, 2.05) is 0 Å². The standard InChI is InChI=1S/C12H15Br2FO/c1-2-3-9(7-13)8-16-12-5-4-10(14)6-11(12)15/h4-6,9H,2-3,7-8H2,1H3. The Morgan fingerprint density at radius 1 is 1.44 bits per heavy atom. The topological polar surface area (TPSA) is 9.23 Å². The van der Waals surface area contributed by atoms with Crippen LogP contribution in [0.4, 0.5) is 4.39 Å². The highest BCUT2D eigenvalue weighted by molar-refractivity contribution is 9.10. The predicted molar refractivity (Wildman–Crippen MR) is 71.8 cm³/mol. The highest BCUT2D eigenvalue weighted by atomic mass is 79.9. The molecular weight excluding hydrogens is 339 g/mol. The van der Waals surface area contributed by atoms with Gasteiger partial charge in [0.05, 0.1) is 6.61 Å². The summed E-state index contributed by atoms with van der Waals surface area (Å²) >= 11 is 6.65. The Hall–Kier alpha value is -0.0900. The lowest BCUT2D eigenvalue weighted by Crippen LogP contribution is -2.13. The third-order valence-electron chi connectivity index (χ3n) is 2.28. The Kier molecular flexibility index (Phi) is 6.36. The Labute approximate surface area is 113 Å². The average molecular weight is 354 g/mol. The van der Waals surface area contributed by atoms with Crippen molar-refractivity contribution in [1.82, 2.24) is 0 Å². The van der Waals surface area contributed by atoms with Crippen LogP contribution in [-0.4, -0.2) is 11.9 Å². The normalized spacial score (nSPS) is 12.5. The minimum absolute atomic E-state index is 0.320. The molecule has 0 aliphatic carbocycles. The molecule has 0 amide bonds. The third kappa shape index (κ3) is 4.42. The van der Waals surface area contributed by atoms with Crippen LogP contribution in [0.1, 0.15) is 19.8 Å². The minimum atomic E-state index is -0.320. The van der Waals surface area contributed by atoms with Crippen LogP contribution in [0.5, 0.6) is 5.75 Å². The molecule has 0 spiro atoms. The predicted octanol–water partition coefficient (Wildman–Crippen LogP) is 4.78. The number of halogens is 3. The molecule has 1 nitrogen and oxygen atoms in total. The third-order valence-corrected chi connectivity index (χ3v) is 3.69. The van der Waals surface area contributed by atoms with Gasteiger partial charge in [-0.2, -0.15) is 0 Å². The summed E-state index contributed by atoms with van der Waals surface area (Å²) < 4.78 is 19.6. The largest absolute Gasteiger partial charge is 0.490 e. The molecule has 0 N–H and O–H groups in total. The zero-order valence-corrected chi connectivity index (χ0v) is 12.4. The van der Waals surface area contributed by atoms with E-state index in [-0.39, 0.29) is 5.82 Å². The van der Waals surface area contributed by atoms with Crippen molar-refractivity contribution >= 4 is 31.9 Å². The number of hydrogen-bond acceptors (Lipinski definition) is 1. The van der Waals surface area contributed by atoms with Crippen LogP contribution < -0.4 is 4.74 Å². The summed E-state index contributed by atoms with van der Waals surface area (Å²) in [5.74, 6) is 0.442. The molecule has 1 rings (SSSR count). The van der Waals surface area contributed by atoms with E-state index in [2.05, 4.69) is 38.8 Å². The van der Waals surface area contributed by atoms with Crippen molar-refractivity contribution in [2.24, 2.45) is 5.92 Å². The first-order valence-corrected chi connectivity index (χ1v) is 7.22. The summed E-state index contributed by atoms with van der Waals surface area (Å²) in [6.45, 7) is 2.69. The summed E-state index contributed by atoms with van der Waals surface area (Å²) in [4.78, 5) is 0. The van der Waals surface area contributed by atoms with Crippen molar-refractivity contribution in [3.05, 3.63) is 28.5 Å². The lowest BCUT2D eigenvalue weighted by atomic mass is 10.1. The maximum atomic E-state index is 13.4. The fourth-order valence-electron chi connectivity index (χ4n) is 1.41. The SMILES string of the molecule is CCCC(CBr)COc1ccc(Br)cc1F. The molecule has 0 heterocycles. The van der Waals surface area contributed by atoms with E-state index < -0.39 is 0 Å². The fraction of sp³-hybridized carbons (Fsp3) is 0.500. The first kappa shape index (κ1) is 14.0. The van der Waals surface area contributed by atoms with E-state index in [4.69, 9.17) is 4.74 Å². The van der Waals surface area contributed by atoms with Gasteiger partial charge in [-0.25, -0.2) is 4.39 Å². The van der Waals surface area contributed by atoms with Crippen LogP contribution in [0.3, 0.4) is 0 Å². The summed E-state index contributed by atoms with van der Waals surface area (Å²) in [5, 5.41) is 0.888. The van der Waals surface area contributed by atoms with Gasteiger partial charge in [0.25, 0.3) is 0 Å². The lowest BCUT2D eigenvalue weighted by molar-refractivity contribution is 0.245. The van der Waals surface area contributed by atoms with Gasteiger partial charge in [0, 0.05) is 15.7 Å². The molecular formula is C12H15Br2FO. The molecule has 16 heavy (non-hydrogen) atoms. The van der Waals surface area contributed by atoms with Crippen molar-refractivity contribution in [2.75, 3.05) is 11.9 Å². The van der Waals surface area contributed by atoms with Gasteiger partial charge in [0.1, 0.15) is 0 Å². The Balaban J connectivity index is 2.53. The summed E-state index contributed by atoms with van der Waals surface area (Å²) in [6, 6.07) is 4.84. The molecule has 0 bridgehead atoms. The Bertz CT molecular complexity index is 331. The molecule has 0 aliphatic heterocycles. The lowest BCUT2D eigenvalue weighted by Gasteiger charge is -2.14. The van der Waals surface area contributed by atoms with E-state index in [1.54, 1.807) is 12.1 Å². The van der Waals surface area contributed by atoms with Crippen molar-refractivity contribution in [2.45, 2.75) is 19.8 Å². The van der Waals surface area contributed by atoms with E-state index in [1.165, 1.54) is 6.07 Å². The molecule has 0 fully saturated rings. The second-order valence-electron chi connectivity index (χ2n) is 3.69. The van der Waals surface area contributed by atoms with Crippen LogP contribution in [0, 0.1) is 11.7 Å². The number of hydrogen-bond donors (Lipinski definition) is 0. The maximum absolute atomic E-state index is 13.4. The zero-order chi connectivity index (χ0) is 12.0. The zero-order valence-electron chi connectivity index (χ0n) is 9.18. The van der Waals surface area contributed by atoms with E-state index in [0.717, 1.165) is 22.6 Å². The van der Waals surface area contributed by atoms with Gasteiger partial charge >= 0.3 is 0 Å². The van der Waals surface area contributed by atoms with E-state index in [9.17, 15) is 4.39 Å². The van der Waals surface area contributed by atoms with Crippen LogP contribution >= 0.6 is 31.9 Å². The molecule has 0 aromatic heterocycles.